The van der Waals surface area contributed by atoms with Crippen LogP contribution in [0.2, 0.25) is 0 Å². The van der Waals surface area contributed by atoms with Gasteiger partial charge in [-0.1, -0.05) is 84.2 Å². The molecule has 4 aliphatic rings. The van der Waals surface area contributed by atoms with Gasteiger partial charge in [0.15, 0.2) is 0 Å². The lowest BCUT2D eigenvalue weighted by molar-refractivity contribution is 0.471. The van der Waals surface area contributed by atoms with E-state index in [0.29, 0.717) is 0 Å². The molecule has 0 amide bonds. The van der Waals surface area contributed by atoms with Crippen molar-refractivity contribution in [3.05, 3.63) is 151 Å². The first-order valence-corrected chi connectivity index (χ1v) is 18.4. The lowest BCUT2D eigenvalue weighted by atomic mass is 9.33. The van der Waals surface area contributed by atoms with Gasteiger partial charge in [0.05, 0.1) is 21.2 Å². The summed E-state index contributed by atoms with van der Waals surface area (Å²) in [5.41, 5.74) is 12.0. The zero-order chi connectivity index (χ0) is 32.9. The average Bonchev–Trinajstić information content (AvgIpc) is 3.13. The van der Waals surface area contributed by atoms with Gasteiger partial charge in [0.2, 0.25) is 0 Å². The van der Waals surface area contributed by atoms with E-state index in [2.05, 4.69) is 150 Å². The quantitative estimate of drug-likeness (QED) is 0.148. The van der Waals surface area contributed by atoms with Gasteiger partial charge >= 0.3 is 0 Å². The van der Waals surface area contributed by atoms with E-state index in [9.17, 15) is 0 Å². The first kappa shape index (κ1) is 28.4. The molecule has 4 heterocycles. The molecule has 4 nitrogen and oxygen atoms in total. The molecule has 0 radical (unpaired) electrons. The van der Waals surface area contributed by atoms with Crippen LogP contribution in [0.15, 0.2) is 165 Å². The summed E-state index contributed by atoms with van der Waals surface area (Å²) in [7, 11) is 0. The third-order valence-corrected chi connectivity index (χ3v) is 12.2. The Balaban J connectivity index is 1.23. The average molecular weight is 679 g/mol. The monoisotopic (exact) mass is 678 g/mol. The molecule has 7 heteroatoms. The summed E-state index contributed by atoms with van der Waals surface area (Å²) >= 11 is 3.51. The molecule has 0 fully saturated rings. The van der Waals surface area contributed by atoms with Gasteiger partial charge in [0.25, 0.3) is 6.71 Å². The molecule has 11 rings (SSSR count). The molecule has 0 aliphatic carbocycles. The van der Waals surface area contributed by atoms with Gasteiger partial charge in [0.1, 0.15) is 23.0 Å². The second-order valence-electron chi connectivity index (χ2n) is 13.0. The molecule has 0 N–H and O–H groups in total. The van der Waals surface area contributed by atoms with E-state index in [4.69, 9.17) is 9.47 Å². The van der Waals surface area contributed by atoms with Crippen LogP contribution in [0.5, 0.6) is 23.0 Å². The molecule has 236 valence electrons. The van der Waals surface area contributed by atoms with Crippen molar-refractivity contribution >= 4 is 80.7 Å². The lowest BCUT2D eigenvalue weighted by Gasteiger charge is -2.45. The van der Waals surface area contributed by atoms with E-state index in [0.717, 1.165) is 55.5 Å². The number of para-hydroxylation sites is 4. The Morgan fingerprint density at radius 1 is 0.440 bits per heavy atom. The fraction of sp³-hybridized carbons (Fsp3) is 0.0233. The number of rotatable bonds is 0. The first-order valence-electron chi connectivity index (χ1n) is 16.8. The fourth-order valence-corrected chi connectivity index (χ4v) is 9.93. The van der Waals surface area contributed by atoms with Crippen LogP contribution in [0, 0.1) is 6.92 Å². The molecule has 0 atom stereocenters. The van der Waals surface area contributed by atoms with E-state index in [-0.39, 0.29) is 6.71 Å². The highest BCUT2D eigenvalue weighted by Gasteiger charge is 2.44. The summed E-state index contributed by atoms with van der Waals surface area (Å²) in [6, 6.07) is 52.2. The molecule has 50 heavy (non-hydrogen) atoms. The Kier molecular flexibility index (Phi) is 6.10. The molecule has 0 saturated carbocycles. The SMILES string of the molecule is Cc1cc2c3c(c1)N1c4ccccc4Sc4ccccc4Oc4ccc(c1c4)B3c1ccc3cc1N2c1ccccc1Sc1ccccc1O3. The smallest absolute Gasteiger partial charge is 0.252 e. The van der Waals surface area contributed by atoms with Gasteiger partial charge in [-0.05, 0) is 102 Å². The molecular weight excluding hydrogens is 651 g/mol. The zero-order valence-corrected chi connectivity index (χ0v) is 28.6. The third kappa shape index (κ3) is 4.17. The Morgan fingerprint density at radius 2 is 0.880 bits per heavy atom. The largest absolute Gasteiger partial charge is 0.456 e. The number of anilines is 6. The van der Waals surface area contributed by atoms with Gasteiger partial charge < -0.3 is 19.3 Å². The van der Waals surface area contributed by atoms with Crippen LogP contribution in [0.4, 0.5) is 34.1 Å². The van der Waals surface area contributed by atoms with Gasteiger partial charge in [0, 0.05) is 44.7 Å². The van der Waals surface area contributed by atoms with E-state index >= 15 is 0 Å². The predicted molar refractivity (Wildman–Crippen MR) is 206 cm³/mol. The van der Waals surface area contributed by atoms with Crippen LogP contribution < -0.4 is 35.7 Å². The molecule has 7 aromatic carbocycles. The van der Waals surface area contributed by atoms with Gasteiger partial charge in [-0.3, -0.25) is 0 Å². The summed E-state index contributed by atoms with van der Waals surface area (Å²) in [6.45, 7) is 2.22. The molecular formula is C43H27BN2O2S2. The first-order chi connectivity index (χ1) is 24.7. The van der Waals surface area contributed by atoms with E-state index in [1.807, 2.05) is 12.1 Å². The minimum Gasteiger partial charge on any atom is -0.456 e. The Labute approximate surface area is 299 Å². The van der Waals surface area contributed by atoms with Crippen molar-refractivity contribution in [2.75, 3.05) is 9.80 Å². The van der Waals surface area contributed by atoms with E-state index in [1.165, 1.54) is 43.1 Å². The zero-order valence-electron chi connectivity index (χ0n) is 27.0. The Morgan fingerprint density at radius 3 is 1.38 bits per heavy atom. The number of nitrogens with zero attached hydrogens (tertiary/aromatic N) is 2. The van der Waals surface area contributed by atoms with E-state index in [1.54, 1.807) is 23.5 Å². The summed E-state index contributed by atoms with van der Waals surface area (Å²) in [5.74, 6) is 3.37. The highest BCUT2D eigenvalue weighted by atomic mass is 32.2. The van der Waals surface area contributed by atoms with Gasteiger partial charge in [-0.25, -0.2) is 0 Å². The second kappa shape index (κ2) is 10.8. The molecule has 0 saturated heterocycles. The van der Waals surface area contributed by atoms with Crippen molar-refractivity contribution in [3.8, 4) is 23.0 Å². The highest BCUT2D eigenvalue weighted by Crippen LogP contribution is 2.52. The van der Waals surface area contributed by atoms with Crippen LogP contribution in [0.1, 0.15) is 5.56 Å². The number of benzene rings is 7. The van der Waals surface area contributed by atoms with Crippen molar-refractivity contribution < 1.29 is 9.47 Å². The van der Waals surface area contributed by atoms with Gasteiger partial charge in [-0.2, -0.15) is 0 Å². The fourth-order valence-electron chi connectivity index (χ4n) is 7.92. The summed E-state index contributed by atoms with van der Waals surface area (Å²) in [6.07, 6.45) is 0. The number of hydrogen-bond donors (Lipinski definition) is 0. The lowest BCUT2D eigenvalue weighted by Crippen LogP contribution is -2.61. The van der Waals surface area contributed by atoms with Crippen molar-refractivity contribution in [3.63, 3.8) is 0 Å². The van der Waals surface area contributed by atoms with Crippen molar-refractivity contribution in [1.29, 1.82) is 0 Å². The van der Waals surface area contributed by atoms with Crippen LogP contribution in [-0.2, 0) is 0 Å². The topological polar surface area (TPSA) is 24.9 Å². The molecule has 0 aromatic heterocycles. The van der Waals surface area contributed by atoms with Crippen LogP contribution in [-0.4, -0.2) is 6.71 Å². The normalized spacial score (nSPS) is 14.1. The maximum atomic E-state index is 6.64. The maximum absolute atomic E-state index is 6.64. The molecule has 0 spiro atoms. The minimum absolute atomic E-state index is 0.00582. The molecule has 4 bridgehead atoms. The van der Waals surface area contributed by atoms with E-state index < -0.39 is 0 Å². The van der Waals surface area contributed by atoms with Crippen molar-refractivity contribution in [2.45, 2.75) is 26.5 Å². The standard InChI is InChI=1S/C43H27BN2O2S2/c1-26-22-35-43-36(23-26)46-32-11-3-7-15-40(32)50-42-17-9-5-13-38(42)48-28-19-21-30(34(46)25-28)44(43)29-20-18-27-24-33(29)45(35)31-10-2-6-14-39(31)49-41-16-8-4-12-37(41)47-27/h2-25H,1H3. The summed E-state index contributed by atoms with van der Waals surface area (Å²) in [5, 5.41) is 0. The number of hydrogen-bond acceptors (Lipinski definition) is 6. The molecule has 0 unspecified atom stereocenters. The van der Waals surface area contributed by atoms with Crippen LogP contribution >= 0.6 is 23.5 Å². The van der Waals surface area contributed by atoms with Crippen LogP contribution in [0.25, 0.3) is 0 Å². The predicted octanol–water partition coefficient (Wildman–Crippen LogP) is 10.6. The minimum atomic E-state index is 0.00582. The molecule has 4 aliphatic heterocycles. The second-order valence-corrected chi connectivity index (χ2v) is 15.2. The van der Waals surface area contributed by atoms with Crippen molar-refractivity contribution in [2.24, 2.45) is 0 Å². The molecule has 7 aromatic rings. The Bertz CT molecular complexity index is 2400. The summed E-state index contributed by atoms with van der Waals surface area (Å²) in [4.78, 5) is 9.47. The Hall–Kier alpha value is -5.50. The maximum Gasteiger partial charge on any atom is 0.252 e. The highest BCUT2D eigenvalue weighted by molar-refractivity contribution is 8.00. The number of ether oxygens (including phenoxy) is 2. The van der Waals surface area contributed by atoms with Crippen molar-refractivity contribution in [1.82, 2.24) is 0 Å². The number of aryl methyl sites for hydroxylation is 1. The third-order valence-electron chi connectivity index (χ3n) is 9.96. The van der Waals surface area contributed by atoms with Crippen LogP contribution in [0.3, 0.4) is 0 Å². The summed E-state index contributed by atoms with van der Waals surface area (Å²) < 4.78 is 13.3. The van der Waals surface area contributed by atoms with Gasteiger partial charge in [-0.15, -0.1) is 0 Å². The number of fused-ring (bicyclic) bond motifs is 12.